The standard InChI is InChI=1S/C14H19N/c1-3-12-5-4-6-13(9-12)10-15-11(2)14-7-8-14/h4-6,9,14-15H,2-3,7-8,10H2,1H3. The minimum Gasteiger partial charge on any atom is -0.385 e. The summed E-state index contributed by atoms with van der Waals surface area (Å²) in [7, 11) is 0. The van der Waals surface area contributed by atoms with Gasteiger partial charge in [0.15, 0.2) is 0 Å². The molecule has 1 aromatic carbocycles. The monoisotopic (exact) mass is 201 g/mol. The Morgan fingerprint density at radius 2 is 2.13 bits per heavy atom. The van der Waals surface area contributed by atoms with E-state index in [4.69, 9.17) is 0 Å². The van der Waals surface area contributed by atoms with Gasteiger partial charge in [-0.15, -0.1) is 0 Å². The van der Waals surface area contributed by atoms with Gasteiger partial charge in [0.1, 0.15) is 0 Å². The lowest BCUT2D eigenvalue weighted by Crippen LogP contribution is -2.13. The van der Waals surface area contributed by atoms with E-state index >= 15 is 0 Å². The van der Waals surface area contributed by atoms with E-state index in [9.17, 15) is 0 Å². The zero-order chi connectivity index (χ0) is 10.7. The van der Waals surface area contributed by atoms with Crippen LogP contribution < -0.4 is 5.32 Å². The fourth-order valence-electron chi connectivity index (χ4n) is 1.75. The highest BCUT2D eigenvalue weighted by atomic mass is 14.9. The van der Waals surface area contributed by atoms with Gasteiger partial charge in [0.2, 0.25) is 0 Å². The average Bonchev–Trinajstić information content (AvgIpc) is 3.10. The predicted molar refractivity (Wildman–Crippen MR) is 64.5 cm³/mol. The van der Waals surface area contributed by atoms with Gasteiger partial charge in [-0.1, -0.05) is 37.8 Å². The average molecular weight is 201 g/mol. The molecule has 0 radical (unpaired) electrons. The molecule has 0 atom stereocenters. The minimum atomic E-state index is 0.749. The third-order valence-electron chi connectivity index (χ3n) is 2.99. The second kappa shape index (κ2) is 4.52. The first-order valence-corrected chi connectivity index (χ1v) is 5.80. The number of aryl methyl sites for hydroxylation is 1. The molecular formula is C14H19N. The van der Waals surface area contributed by atoms with Crippen LogP contribution in [0.3, 0.4) is 0 Å². The molecule has 0 heterocycles. The van der Waals surface area contributed by atoms with Crippen LogP contribution in [0.5, 0.6) is 0 Å². The third-order valence-corrected chi connectivity index (χ3v) is 2.99. The molecule has 1 aliphatic rings. The molecule has 1 heteroatoms. The van der Waals surface area contributed by atoms with Crippen LogP contribution in [0.4, 0.5) is 0 Å². The van der Waals surface area contributed by atoms with Crippen LogP contribution in [-0.2, 0) is 13.0 Å². The number of hydrogen-bond acceptors (Lipinski definition) is 1. The van der Waals surface area contributed by atoms with Crippen molar-refractivity contribution in [2.45, 2.75) is 32.7 Å². The summed E-state index contributed by atoms with van der Waals surface area (Å²) in [6.45, 7) is 7.17. The summed E-state index contributed by atoms with van der Waals surface area (Å²) in [5.74, 6) is 0.749. The van der Waals surface area contributed by atoms with E-state index < -0.39 is 0 Å². The summed E-state index contributed by atoms with van der Waals surface area (Å²) in [4.78, 5) is 0. The van der Waals surface area contributed by atoms with Crippen molar-refractivity contribution in [1.82, 2.24) is 5.32 Å². The lowest BCUT2D eigenvalue weighted by atomic mass is 10.1. The SMILES string of the molecule is C=C(NCc1cccc(CC)c1)C1CC1. The van der Waals surface area contributed by atoms with Crippen molar-refractivity contribution in [2.75, 3.05) is 0 Å². The molecule has 1 nitrogen and oxygen atoms in total. The van der Waals surface area contributed by atoms with Gasteiger partial charge in [0.25, 0.3) is 0 Å². The zero-order valence-electron chi connectivity index (χ0n) is 9.42. The summed E-state index contributed by atoms with van der Waals surface area (Å²) in [6.07, 6.45) is 3.75. The number of hydrogen-bond donors (Lipinski definition) is 1. The van der Waals surface area contributed by atoms with Gasteiger partial charge in [-0.25, -0.2) is 0 Å². The largest absolute Gasteiger partial charge is 0.385 e. The van der Waals surface area contributed by atoms with E-state index in [1.807, 2.05) is 0 Å². The molecule has 0 saturated heterocycles. The first-order chi connectivity index (χ1) is 7.29. The molecule has 0 bridgehead atoms. The summed E-state index contributed by atoms with van der Waals surface area (Å²) < 4.78 is 0. The molecule has 1 saturated carbocycles. The van der Waals surface area contributed by atoms with Gasteiger partial charge < -0.3 is 5.32 Å². The summed E-state index contributed by atoms with van der Waals surface area (Å²) in [5, 5.41) is 3.42. The van der Waals surface area contributed by atoms with Crippen molar-refractivity contribution < 1.29 is 0 Å². The fourth-order valence-corrected chi connectivity index (χ4v) is 1.75. The number of benzene rings is 1. The van der Waals surface area contributed by atoms with Crippen LogP contribution in [0.15, 0.2) is 36.5 Å². The van der Waals surface area contributed by atoms with Crippen molar-refractivity contribution in [2.24, 2.45) is 5.92 Å². The first kappa shape index (κ1) is 10.3. The quantitative estimate of drug-likeness (QED) is 0.771. The van der Waals surface area contributed by atoms with Crippen LogP contribution in [0, 0.1) is 5.92 Å². The molecule has 1 fully saturated rings. The molecule has 80 valence electrons. The van der Waals surface area contributed by atoms with Crippen molar-refractivity contribution in [3.8, 4) is 0 Å². The van der Waals surface area contributed by atoms with E-state index in [0.29, 0.717) is 0 Å². The van der Waals surface area contributed by atoms with Crippen LogP contribution in [0.25, 0.3) is 0 Å². The van der Waals surface area contributed by atoms with Crippen LogP contribution in [0.2, 0.25) is 0 Å². The lowest BCUT2D eigenvalue weighted by Gasteiger charge is -2.09. The molecule has 0 spiro atoms. The normalized spacial score (nSPS) is 15.0. The Hall–Kier alpha value is -1.24. The number of nitrogens with one attached hydrogen (secondary N) is 1. The predicted octanol–water partition coefficient (Wildman–Crippen LogP) is 3.26. The van der Waals surface area contributed by atoms with E-state index in [0.717, 1.165) is 18.9 Å². The van der Waals surface area contributed by atoms with Gasteiger partial charge in [-0.3, -0.25) is 0 Å². The van der Waals surface area contributed by atoms with E-state index in [2.05, 4.69) is 43.1 Å². The van der Waals surface area contributed by atoms with E-state index in [-0.39, 0.29) is 0 Å². The molecular weight excluding hydrogens is 182 g/mol. The maximum atomic E-state index is 4.06. The molecule has 1 aliphatic carbocycles. The second-order valence-corrected chi connectivity index (χ2v) is 4.33. The summed E-state index contributed by atoms with van der Waals surface area (Å²) in [6, 6.07) is 8.76. The van der Waals surface area contributed by atoms with Crippen molar-refractivity contribution in [3.63, 3.8) is 0 Å². The topological polar surface area (TPSA) is 12.0 Å². The molecule has 15 heavy (non-hydrogen) atoms. The molecule has 1 aromatic rings. The number of rotatable bonds is 5. The van der Waals surface area contributed by atoms with Gasteiger partial charge in [0.05, 0.1) is 0 Å². The lowest BCUT2D eigenvalue weighted by molar-refractivity contribution is 0.746. The van der Waals surface area contributed by atoms with E-state index in [1.54, 1.807) is 0 Å². The molecule has 1 N–H and O–H groups in total. The Balaban J connectivity index is 1.89. The maximum absolute atomic E-state index is 4.06. The molecule has 0 aromatic heterocycles. The van der Waals surface area contributed by atoms with Gasteiger partial charge in [-0.2, -0.15) is 0 Å². The highest BCUT2D eigenvalue weighted by Gasteiger charge is 2.24. The second-order valence-electron chi connectivity index (χ2n) is 4.33. The Kier molecular flexibility index (Phi) is 3.10. The maximum Gasteiger partial charge on any atom is 0.0397 e. The van der Waals surface area contributed by atoms with Gasteiger partial charge >= 0.3 is 0 Å². The fraction of sp³-hybridized carbons (Fsp3) is 0.429. The molecule has 0 aliphatic heterocycles. The number of allylic oxidation sites excluding steroid dienone is 1. The first-order valence-electron chi connectivity index (χ1n) is 5.80. The molecule has 0 unspecified atom stereocenters. The van der Waals surface area contributed by atoms with Gasteiger partial charge in [0, 0.05) is 12.2 Å². The Bertz CT molecular complexity index is 350. The molecule has 0 amide bonds. The smallest absolute Gasteiger partial charge is 0.0397 e. The summed E-state index contributed by atoms with van der Waals surface area (Å²) >= 11 is 0. The van der Waals surface area contributed by atoms with Crippen molar-refractivity contribution >= 4 is 0 Å². The van der Waals surface area contributed by atoms with Crippen LogP contribution in [0.1, 0.15) is 30.9 Å². The third kappa shape index (κ3) is 2.85. The van der Waals surface area contributed by atoms with Crippen LogP contribution >= 0.6 is 0 Å². The van der Waals surface area contributed by atoms with E-state index in [1.165, 1.54) is 29.7 Å². The van der Waals surface area contributed by atoms with Crippen LogP contribution in [-0.4, -0.2) is 0 Å². The molecule has 2 rings (SSSR count). The van der Waals surface area contributed by atoms with Gasteiger partial charge in [-0.05, 0) is 36.3 Å². The summed E-state index contributed by atoms with van der Waals surface area (Å²) in [5.41, 5.74) is 3.99. The highest BCUT2D eigenvalue weighted by molar-refractivity contribution is 5.24. The van der Waals surface area contributed by atoms with Crippen molar-refractivity contribution in [1.29, 1.82) is 0 Å². The minimum absolute atomic E-state index is 0.749. The Morgan fingerprint density at radius 1 is 1.40 bits per heavy atom. The van der Waals surface area contributed by atoms with Crippen molar-refractivity contribution in [3.05, 3.63) is 47.7 Å². The Morgan fingerprint density at radius 3 is 2.80 bits per heavy atom. The zero-order valence-corrected chi connectivity index (χ0v) is 9.42. The Labute approximate surface area is 92.2 Å². The highest BCUT2D eigenvalue weighted by Crippen LogP contribution is 2.34.